The molecule has 11 heavy (non-hydrogen) atoms. The average Bonchev–Trinajstić information content (AvgIpc) is 1.98. The van der Waals surface area contributed by atoms with Crippen LogP contribution in [0.15, 0.2) is 0 Å². The van der Waals surface area contributed by atoms with Gasteiger partial charge >= 0.3 is 0 Å². The van der Waals surface area contributed by atoms with Crippen molar-refractivity contribution in [3.8, 4) is 0 Å². The number of hydrogen-bond acceptors (Lipinski definition) is 1. The highest BCUT2D eigenvalue weighted by atomic mass is 16.1. The van der Waals surface area contributed by atoms with Crippen molar-refractivity contribution >= 4 is 6.41 Å². The minimum absolute atomic E-state index is 0.443. The maximum atomic E-state index is 10.2. The molecule has 0 aromatic heterocycles. The summed E-state index contributed by atoms with van der Waals surface area (Å²) in [5.41, 5.74) is 0. The predicted molar refractivity (Wildman–Crippen MR) is 45.2 cm³/mol. The van der Waals surface area contributed by atoms with Gasteiger partial charge in [-0.25, -0.2) is 0 Å². The van der Waals surface area contributed by atoms with Gasteiger partial charge in [0.1, 0.15) is 0 Å². The molecule has 0 spiro atoms. The molecule has 0 saturated heterocycles. The number of carbonyl (C=O) groups is 1. The zero-order chi connectivity index (χ0) is 8.27. The van der Waals surface area contributed by atoms with Gasteiger partial charge in [-0.05, 0) is 31.1 Å². The maximum Gasteiger partial charge on any atom is 0.207 e. The first-order chi connectivity index (χ1) is 5.24. The Kier molecular flexibility index (Phi) is 2.92. The second kappa shape index (κ2) is 3.74. The number of rotatable bonds is 2. The molecule has 0 bridgehead atoms. The van der Waals surface area contributed by atoms with E-state index in [1.165, 1.54) is 6.42 Å². The van der Waals surface area contributed by atoms with Crippen molar-refractivity contribution in [2.45, 2.75) is 39.2 Å². The third-order valence-electron chi connectivity index (χ3n) is 2.90. The lowest BCUT2D eigenvalue weighted by Gasteiger charge is -2.31. The first-order valence-electron chi connectivity index (χ1n) is 4.43. The Bertz CT molecular complexity index is 136. The quantitative estimate of drug-likeness (QED) is 0.602. The first-order valence-corrected chi connectivity index (χ1v) is 4.43. The van der Waals surface area contributed by atoms with Gasteiger partial charge in [0.2, 0.25) is 6.41 Å². The first kappa shape index (κ1) is 8.57. The standard InChI is InChI=1S/C9H17NO/c1-7-3-4-9(10-6-11)5-8(7)2/h6-9H,3-5H2,1-2H3,(H,10,11). The molecular formula is C9H17NO. The molecule has 3 unspecified atom stereocenters. The van der Waals surface area contributed by atoms with Crippen molar-refractivity contribution < 1.29 is 4.79 Å². The van der Waals surface area contributed by atoms with Gasteiger partial charge in [-0.3, -0.25) is 4.79 Å². The van der Waals surface area contributed by atoms with Gasteiger partial charge in [0, 0.05) is 6.04 Å². The summed E-state index contributed by atoms with van der Waals surface area (Å²) < 4.78 is 0. The van der Waals surface area contributed by atoms with E-state index < -0.39 is 0 Å². The van der Waals surface area contributed by atoms with Gasteiger partial charge in [0.25, 0.3) is 0 Å². The Balaban J connectivity index is 2.33. The second-order valence-electron chi connectivity index (χ2n) is 3.75. The van der Waals surface area contributed by atoms with Crippen LogP contribution < -0.4 is 5.32 Å². The smallest absolute Gasteiger partial charge is 0.207 e. The maximum absolute atomic E-state index is 10.2. The molecule has 2 heteroatoms. The van der Waals surface area contributed by atoms with Crippen LogP contribution in [0.2, 0.25) is 0 Å². The van der Waals surface area contributed by atoms with Crippen LogP contribution in [0.3, 0.4) is 0 Å². The fraction of sp³-hybridized carbons (Fsp3) is 0.889. The number of amides is 1. The number of hydrogen-bond donors (Lipinski definition) is 1. The summed E-state index contributed by atoms with van der Waals surface area (Å²) in [6.45, 7) is 4.56. The van der Waals surface area contributed by atoms with Gasteiger partial charge < -0.3 is 5.32 Å². The van der Waals surface area contributed by atoms with Gasteiger partial charge in [0.05, 0.1) is 0 Å². The van der Waals surface area contributed by atoms with E-state index in [2.05, 4.69) is 19.2 Å². The number of nitrogens with one attached hydrogen (secondary N) is 1. The third kappa shape index (κ3) is 2.21. The molecule has 0 aromatic rings. The lowest BCUT2D eigenvalue weighted by molar-refractivity contribution is -0.110. The van der Waals surface area contributed by atoms with Crippen molar-refractivity contribution in [3.63, 3.8) is 0 Å². The topological polar surface area (TPSA) is 29.1 Å². The van der Waals surface area contributed by atoms with Gasteiger partial charge in [-0.15, -0.1) is 0 Å². The van der Waals surface area contributed by atoms with E-state index in [1.54, 1.807) is 0 Å². The molecule has 1 aliphatic rings. The van der Waals surface area contributed by atoms with Crippen LogP contribution >= 0.6 is 0 Å². The Labute approximate surface area is 68.4 Å². The van der Waals surface area contributed by atoms with Crippen molar-refractivity contribution in [1.29, 1.82) is 0 Å². The Morgan fingerprint density at radius 1 is 1.27 bits per heavy atom. The van der Waals surface area contributed by atoms with E-state index in [-0.39, 0.29) is 0 Å². The zero-order valence-electron chi connectivity index (χ0n) is 7.34. The van der Waals surface area contributed by atoms with Crippen LogP contribution in [0.5, 0.6) is 0 Å². The van der Waals surface area contributed by atoms with Crippen molar-refractivity contribution in [2.75, 3.05) is 0 Å². The molecule has 2 nitrogen and oxygen atoms in total. The molecule has 0 radical (unpaired) electrons. The average molecular weight is 155 g/mol. The van der Waals surface area contributed by atoms with Crippen molar-refractivity contribution in [3.05, 3.63) is 0 Å². The Hall–Kier alpha value is -0.530. The molecular weight excluding hydrogens is 138 g/mol. The highest BCUT2D eigenvalue weighted by Crippen LogP contribution is 2.28. The molecule has 1 rings (SSSR count). The van der Waals surface area contributed by atoms with E-state index in [0.29, 0.717) is 6.04 Å². The van der Waals surface area contributed by atoms with Crippen molar-refractivity contribution in [2.24, 2.45) is 11.8 Å². The molecule has 1 fully saturated rings. The van der Waals surface area contributed by atoms with E-state index >= 15 is 0 Å². The van der Waals surface area contributed by atoms with E-state index in [1.807, 2.05) is 0 Å². The highest BCUT2D eigenvalue weighted by Gasteiger charge is 2.23. The summed E-state index contributed by atoms with van der Waals surface area (Å²) in [7, 11) is 0. The predicted octanol–water partition coefficient (Wildman–Crippen LogP) is 1.56. The fourth-order valence-electron chi connectivity index (χ4n) is 1.80. The molecule has 1 amide bonds. The molecule has 0 heterocycles. The molecule has 1 saturated carbocycles. The minimum Gasteiger partial charge on any atom is -0.356 e. The summed E-state index contributed by atoms with van der Waals surface area (Å²) in [5, 5.41) is 2.85. The van der Waals surface area contributed by atoms with E-state index in [0.717, 1.165) is 31.1 Å². The van der Waals surface area contributed by atoms with Crippen LogP contribution in [0.4, 0.5) is 0 Å². The fourth-order valence-corrected chi connectivity index (χ4v) is 1.80. The summed E-state index contributed by atoms with van der Waals surface area (Å²) in [6, 6.07) is 0.443. The summed E-state index contributed by atoms with van der Waals surface area (Å²) >= 11 is 0. The summed E-state index contributed by atoms with van der Waals surface area (Å²) in [4.78, 5) is 10.2. The van der Waals surface area contributed by atoms with Crippen LogP contribution in [-0.4, -0.2) is 12.5 Å². The second-order valence-corrected chi connectivity index (χ2v) is 3.75. The largest absolute Gasteiger partial charge is 0.356 e. The SMILES string of the molecule is CC1CCC(NC=O)CC1C. The normalized spacial score (nSPS) is 38.2. The van der Waals surface area contributed by atoms with E-state index in [4.69, 9.17) is 0 Å². The number of carbonyl (C=O) groups excluding carboxylic acids is 1. The van der Waals surface area contributed by atoms with Crippen LogP contribution in [0.25, 0.3) is 0 Å². The third-order valence-corrected chi connectivity index (χ3v) is 2.90. The minimum atomic E-state index is 0.443. The Morgan fingerprint density at radius 2 is 2.00 bits per heavy atom. The van der Waals surface area contributed by atoms with Crippen LogP contribution in [-0.2, 0) is 4.79 Å². The van der Waals surface area contributed by atoms with E-state index in [9.17, 15) is 4.79 Å². The van der Waals surface area contributed by atoms with Gasteiger partial charge in [0.15, 0.2) is 0 Å². The van der Waals surface area contributed by atoms with Crippen LogP contribution in [0.1, 0.15) is 33.1 Å². The molecule has 1 aliphatic carbocycles. The zero-order valence-corrected chi connectivity index (χ0v) is 7.34. The Morgan fingerprint density at radius 3 is 2.55 bits per heavy atom. The lowest BCUT2D eigenvalue weighted by Crippen LogP contribution is -2.35. The molecule has 1 N–H and O–H groups in total. The molecule has 0 aromatic carbocycles. The van der Waals surface area contributed by atoms with Gasteiger partial charge in [-0.1, -0.05) is 13.8 Å². The molecule has 3 atom stereocenters. The highest BCUT2D eigenvalue weighted by molar-refractivity contribution is 5.46. The lowest BCUT2D eigenvalue weighted by atomic mass is 9.79. The van der Waals surface area contributed by atoms with Gasteiger partial charge in [-0.2, -0.15) is 0 Å². The van der Waals surface area contributed by atoms with Crippen LogP contribution in [0, 0.1) is 11.8 Å². The molecule has 64 valence electrons. The summed E-state index contributed by atoms with van der Waals surface area (Å²) in [5.74, 6) is 1.60. The van der Waals surface area contributed by atoms with Crippen molar-refractivity contribution in [1.82, 2.24) is 5.32 Å². The summed E-state index contributed by atoms with van der Waals surface area (Å²) in [6.07, 6.45) is 4.39. The molecule has 0 aliphatic heterocycles. The monoisotopic (exact) mass is 155 g/mol.